The van der Waals surface area contributed by atoms with Crippen molar-refractivity contribution in [2.45, 2.75) is 17.4 Å². The van der Waals surface area contributed by atoms with E-state index < -0.39 is 16.0 Å². The number of carbonyl (C=O) groups excluding carboxylic acids is 1. The number of halogens is 1. The van der Waals surface area contributed by atoms with Crippen LogP contribution in [0.25, 0.3) is 0 Å². The first-order valence-electron chi connectivity index (χ1n) is 7.87. The van der Waals surface area contributed by atoms with Gasteiger partial charge in [-0.15, -0.1) is 0 Å². The van der Waals surface area contributed by atoms with E-state index >= 15 is 0 Å². The summed E-state index contributed by atoms with van der Waals surface area (Å²) in [5, 5.41) is 0. The van der Waals surface area contributed by atoms with E-state index in [1.165, 1.54) is 35.7 Å². The first kappa shape index (κ1) is 18.8. The van der Waals surface area contributed by atoms with Crippen molar-refractivity contribution in [3.63, 3.8) is 0 Å². The van der Waals surface area contributed by atoms with E-state index in [1.54, 1.807) is 12.3 Å². The lowest BCUT2D eigenvalue weighted by atomic mass is 10.2. The summed E-state index contributed by atoms with van der Waals surface area (Å²) in [6.07, 6.45) is 1.95. The molecule has 1 aliphatic rings. The molecule has 1 aliphatic heterocycles. The molecule has 0 bridgehead atoms. The number of carbonyl (C=O) groups is 1. The molecule has 0 radical (unpaired) electrons. The van der Waals surface area contributed by atoms with E-state index in [0.717, 1.165) is 4.47 Å². The Labute approximate surface area is 160 Å². The van der Waals surface area contributed by atoms with Crippen LogP contribution in [-0.2, 0) is 14.8 Å². The summed E-state index contributed by atoms with van der Waals surface area (Å²) in [7, 11) is -2.37. The number of hydrogen-bond acceptors (Lipinski definition) is 6. The second-order valence-electron chi connectivity index (χ2n) is 5.72. The van der Waals surface area contributed by atoms with Crippen LogP contribution < -0.4 is 4.74 Å². The second kappa shape index (κ2) is 7.73. The highest BCUT2D eigenvalue weighted by atomic mass is 79.9. The Bertz CT molecular complexity index is 884. The van der Waals surface area contributed by atoms with Crippen molar-refractivity contribution in [2.75, 3.05) is 20.2 Å². The lowest BCUT2D eigenvalue weighted by Gasteiger charge is -2.17. The van der Waals surface area contributed by atoms with Gasteiger partial charge in [-0.25, -0.2) is 18.2 Å². The zero-order chi connectivity index (χ0) is 18.7. The van der Waals surface area contributed by atoms with E-state index in [0.29, 0.717) is 24.4 Å². The number of hydrogen-bond donors (Lipinski definition) is 0. The van der Waals surface area contributed by atoms with Gasteiger partial charge in [-0.3, -0.25) is 0 Å². The lowest BCUT2D eigenvalue weighted by Crippen LogP contribution is -2.31. The maximum absolute atomic E-state index is 12.8. The largest absolute Gasteiger partial charge is 0.473 e. The third-order valence-electron chi connectivity index (χ3n) is 4.01. The molecule has 0 saturated carbocycles. The van der Waals surface area contributed by atoms with Gasteiger partial charge in [0.25, 0.3) is 0 Å². The van der Waals surface area contributed by atoms with Gasteiger partial charge in [0, 0.05) is 23.3 Å². The summed E-state index contributed by atoms with van der Waals surface area (Å²) in [5.74, 6) is -0.0505. The molecule has 3 rings (SSSR count). The van der Waals surface area contributed by atoms with Crippen molar-refractivity contribution >= 4 is 31.9 Å². The molecule has 0 amide bonds. The second-order valence-corrected chi connectivity index (χ2v) is 8.58. The van der Waals surface area contributed by atoms with Crippen LogP contribution in [0.1, 0.15) is 16.8 Å². The molecule has 7 nitrogen and oxygen atoms in total. The minimum absolute atomic E-state index is 0.132. The highest BCUT2D eigenvalue weighted by Crippen LogP contribution is 2.24. The fourth-order valence-electron chi connectivity index (χ4n) is 2.64. The van der Waals surface area contributed by atoms with Crippen LogP contribution in [0, 0.1) is 0 Å². The molecule has 2 heterocycles. The molecular weight excluding hydrogens is 424 g/mol. The van der Waals surface area contributed by atoms with Gasteiger partial charge in [0.2, 0.25) is 15.9 Å². The Morgan fingerprint density at radius 2 is 1.96 bits per heavy atom. The Kier molecular flexibility index (Phi) is 5.59. The average Bonchev–Trinajstić information content (AvgIpc) is 3.12. The fraction of sp³-hybridized carbons (Fsp3) is 0.294. The Hall–Kier alpha value is -1.97. The molecule has 9 heteroatoms. The van der Waals surface area contributed by atoms with Crippen LogP contribution in [0.15, 0.2) is 52.0 Å². The zero-order valence-electron chi connectivity index (χ0n) is 14.0. The van der Waals surface area contributed by atoms with Crippen molar-refractivity contribution in [1.82, 2.24) is 9.29 Å². The number of sulfonamides is 1. The summed E-state index contributed by atoms with van der Waals surface area (Å²) in [6.45, 7) is 0.612. The number of nitrogens with zero attached hydrogens (tertiary/aromatic N) is 2. The SMILES string of the molecule is COC(=O)c1ccc(S(=O)(=O)N2CCC(Oc3ccc(Br)cn3)C2)cc1. The molecule has 1 aromatic carbocycles. The Morgan fingerprint density at radius 3 is 2.58 bits per heavy atom. The van der Waals surface area contributed by atoms with Crippen LogP contribution in [-0.4, -0.2) is 50.0 Å². The van der Waals surface area contributed by atoms with Crippen molar-refractivity contribution < 1.29 is 22.7 Å². The van der Waals surface area contributed by atoms with Gasteiger partial charge in [-0.2, -0.15) is 4.31 Å². The van der Waals surface area contributed by atoms with Gasteiger partial charge in [0.1, 0.15) is 6.10 Å². The molecule has 1 fully saturated rings. The Balaban J connectivity index is 1.68. The van der Waals surface area contributed by atoms with Crippen molar-refractivity contribution in [1.29, 1.82) is 0 Å². The summed E-state index contributed by atoms with van der Waals surface area (Å²) in [4.78, 5) is 15.7. The Morgan fingerprint density at radius 1 is 1.23 bits per heavy atom. The van der Waals surface area contributed by atoms with Crippen LogP contribution in [0.3, 0.4) is 0 Å². The molecular formula is C17H17BrN2O5S. The molecule has 1 atom stereocenters. The number of methoxy groups -OCH3 is 1. The molecule has 2 aromatic rings. The van der Waals surface area contributed by atoms with Crippen LogP contribution >= 0.6 is 15.9 Å². The summed E-state index contributed by atoms with van der Waals surface area (Å²) in [5.41, 5.74) is 0.301. The third-order valence-corrected chi connectivity index (χ3v) is 6.36. The lowest BCUT2D eigenvalue weighted by molar-refractivity contribution is 0.0600. The van der Waals surface area contributed by atoms with Crippen molar-refractivity contribution in [3.8, 4) is 5.88 Å². The topological polar surface area (TPSA) is 85.8 Å². The number of aromatic nitrogens is 1. The quantitative estimate of drug-likeness (QED) is 0.663. The number of ether oxygens (including phenoxy) is 2. The highest BCUT2D eigenvalue weighted by molar-refractivity contribution is 9.10. The zero-order valence-corrected chi connectivity index (χ0v) is 16.4. The number of rotatable bonds is 5. The predicted octanol–water partition coefficient (Wildman–Crippen LogP) is 2.47. The van der Waals surface area contributed by atoms with E-state index in [4.69, 9.17) is 4.74 Å². The minimum atomic E-state index is -3.65. The van der Waals surface area contributed by atoms with E-state index in [2.05, 4.69) is 25.7 Å². The molecule has 0 N–H and O–H groups in total. The normalized spacial score (nSPS) is 17.8. The van der Waals surface area contributed by atoms with E-state index in [9.17, 15) is 13.2 Å². The van der Waals surface area contributed by atoms with Crippen LogP contribution in [0.4, 0.5) is 0 Å². The van der Waals surface area contributed by atoms with E-state index in [-0.39, 0.29) is 17.5 Å². The van der Waals surface area contributed by atoms with Crippen molar-refractivity contribution in [2.24, 2.45) is 0 Å². The number of esters is 1. The molecule has 1 unspecified atom stereocenters. The molecule has 1 aromatic heterocycles. The van der Waals surface area contributed by atoms with Gasteiger partial charge in [0.05, 0.1) is 24.1 Å². The maximum Gasteiger partial charge on any atom is 0.337 e. The molecule has 26 heavy (non-hydrogen) atoms. The standard InChI is InChI=1S/C17H17BrN2O5S/c1-24-17(21)12-2-5-15(6-3-12)26(22,23)20-9-8-14(11-20)25-16-7-4-13(18)10-19-16/h2-7,10,14H,8-9,11H2,1H3. The number of benzene rings is 1. The summed E-state index contributed by atoms with van der Waals surface area (Å²) < 4.78 is 38.1. The van der Waals surface area contributed by atoms with Crippen molar-refractivity contribution in [3.05, 3.63) is 52.6 Å². The summed E-state index contributed by atoms with van der Waals surface area (Å²) in [6, 6.07) is 9.24. The highest BCUT2D eigenvalue weighted by Gasteiger charge is 2.33. The van der Waals surface area contributed by atoms with Gasteiger partial charge in [-0.05, 0) is 52.7 Å². The third kappa shape index (κ3) is 4.05. The molecule has 0 aliphatic carbocycles. The molecule has 0 spiro atoms. The van der Waals surface area contributed by atoms with Gasteiger partial charge in [-0.1, -0.05) is 0 Å². The van der Waals surface area contributed by atoms with Gasteiger partial charge < -0.3 is 9.47 Å². The minimum Gasteiger partial charge on any atom is -0.473 e. The first-order chi connectivity index (χ1) is 12.4. The fourth-order valence-corrected chi connectivity index (χ4v) is 4.37. The number of pyridine rings is 1. The van der Waals surface area contributed by atoms with Gasteiger partial charge in [0.15, 0.2) is 0 Å². The molecule has 1 saturated heterocycles. The van der Waals surface area contributed by atoms with Crippen LogP contribution in [0.2, 0.25) is 0 Å². The van der Waals surface area contributed by atoms with E-state index in [1.807, 2.05) is 6.07 Å². The average molecular weight is 441 g/mol. The maximum atomic E-state index is 12.8. The predicted molar refractivity (Wildman–Crippen MR) is 97.5 cm³/mol. The first-order valence-corrected chi connectivity index (χ1v) is 10.1. The summed E-state index contributed by atoms with van der Waals surface area (Å²) >= 11 is 3.30. The smallest absolute Gasteiger partial charge is 0.337 e. The molecule has 138 valence electrons. The monoisotopic (exact) mass is 440 g/mol. The van der Waals surface area contributed by atoms with Crippen LogP contribution in [0.5, 0.6) is 5.88 Å². The van der Waals surface area contributed by atoms with Gasteiger partial charge >= 0.3 is 5.97 Å².